The van der Waals surface area contributed by atoms with E-state index >= 15 is 0 Å². The van der Waals surface area contributed by atoms with Crippen LogP contribution in [-0.4, -0.2) is 93.5 Å². The molecule has 7 heteroatoms. The van der Waals surface area contributed by atoms with Crippen molar-refractivity contribution in [2.45, 2.75) is 11.2 Å². The first-order valence-corrected chi connectivity index (χ1v) is 6.71. The van der Waals surface area contributed by atoms with Gasteiger partial charge >= 0.3 is 0 Å². The van der Waals surface area contributed by atoms with E-state index in [0.29, 0.717) is 39.6 Å². The third kappa shape index (κ3) is 7.01. The van der Waals surface area contributed by atoms with Gasteiger partial charge in [-0.2, -0.15) is 0 Å². The molecule has 0 aliphatic carbocycles. The lowest BCUT2D eigenvalue weighted by Crippen LogP contribution is -2.58. The SMILES string of the molecule is COCC(COC)(COC)OC(COC)(COC)COC. The standard InChI is InChI=1S/C14H30O7/c1-15-7-13(8-16-2,9-17-3)21-14(10-18-4,11-19-5)12-20-6/h7-12H2,1-6H3. The fourth-order valence-corrected chi connectivity index (χ4v) is 2.46. The lowest BCUT2D eigenvalue weighted by molar-refractivity contribution is -0.252. The first-order chi connectivity index (χ1) is 10.1. The van der Waals surface area contributed by atoms with Crippen LogP contribution in [-0.2, 0) is 33.2 Å². The summed E-state index contributed by atoms with van der Waals surface area (Å²) in [6, 6.07) is 0. The van der Waals surface area contributed by atoms with Gasteiger partial charge < -0.3 is 33.2 Å². The Bertz CT molecular complexity index is 189. The fraction of sp³-hybridized carbons (Fsp3) is 1.00. The average molecular weight is 310 g/mol. The van der Waals surface area contributed by atoms with Crippen molar-refractivity contribution in [1.82, 2.24) is 0 Å². The molecule has 0 N–H and O–H groups in total. The molecule has 0 aromatic heterocycles. The summed E-state index contributed by atoms with van der Waals surface area (Å²) in [5.74, 6) is 0. The maximum atomic E-state index is 6.32. The van der Waals surface area contributed by atoms with Gasteiger partial charge in [0.1, 0.15) is 11.2 Å². The van der Waals surface area contributed by atoms with E-state index in [0.717, 1.165) is 0 Å². The summed E-state index contributed by atoms with van der Waals surface area (Å²) in [6.45, 7) is 1.88. The predicted octanol–water partition coefficient (Wildman–Crippen LogP) is 0.359. The lowest BCUT2D eigenvalue weighted by atomic mass is 10.0. The minimum atomic E-state index is -0.770. The van der Waals surface area contributed by atoms with Crippen LogP contribution in [0, 0.1) is 0 Å². The Hall–Kier alpha value is -0.280. The number of methoxy groups -OCH3 is 6. The second kappa shape index (κ2) is 11.3. The molecule has 0 unspecified atom stereocenters. The molecule has 0 aromatic rings. The molecule has 0 amide bonds. The van der Waals surface area contributed by atoms with E-state index in [1.165, 1.54) is 0 Å². The van der Waals surface area contributed by atoms with Crippen LogP contribution in [0.25, 0.3) is 0 Å². The average Bonchev–Trinajstić information content (AvgIpc) is 2.40. The van der Waals surface area contributed by atoms with Crippen LogP contribution < -0.4 is 0 Å². The van der Waals surface area contributed by atoms with Gasteiger partial charge in [0.15, 0.2) is 0 Å². The highest BCUT2D eigenvalue weighted by Crippen LogP contribution is 2.25. The zero-order valence-corrected chi connectivity index (χ0v) is 14.1. The van der Waals surface area contributed by atoms with Crippen molar-refractivity contribution in [3.63, 3.8) is 0 Å². The summed E-state index contributed by atoms with van der Waals surface area (Å²) in [5.41, 5.74) is -1.54. The number of rotatable bonds is 14. The molecule has 0 radical (unpaired) electrons. The Morgan fingerprint density at radius 3 is 0.762 bits per heavy atom. The van der Waals surface area contributed by atoms with E-state index in [9.17, 15) is 0 Å². The Kier molecular flexibility index (Phi) is 11.2. The van der Waals surface area contributed by atoms with Crippen molar-refractivity contribution >= 4 is 0 Å². The third-order valence-electron chi connectivity index (χ3n) is 2.88. The van der Waals surface area contributed by atoms with Crippen molar-refractivity contribution in [3.05, 3.63) is 0 Å². The van der Waals surface area contributed by atoms with Crippen molar-refractivity contribution < 1.29 is 33.2 Å². The number of hydrogen-bond acceptors (Lipinski definition) is 7. The fourth-order valence-electron chi connectivity index (χ4n) is 2.46. The first kappa shape index (κ1) is 20.7. The molecule has 0 heterocycles. The molecule has 21 heavy (non-hydrogen) atoms. The monoisotopic (exact) mass is 310 g/mol. The highest BCUT2D eigenvalue weighted by molar-refractivity contribution is 4.90. The molecule has 0 aliphatic rings. The summed E-state index contributed by atoms with van der Waals surface area (Å²) in [7, 11) is 9.63. The Morgan fingerprint density at radius 1 is 0.429 bits per heavy atom. The van der Waals surface area contributed by atoms with Crippen LogP contribution in [0.2, 0.25) is 0 Å². The second-order valence-electron chi connectivity index (χ2n) is 5.07. The van der Waals surface area contributed by atoms with Gasteiger partial charge in [-0.1, -0.05) is 0 Å². The number of ether oxygens (including phenoxy) is 7. The Balaban J connectivity index is 5.30. The van der Waals surface area contributed by atoms with Gasteiger partial charge in [0.05, 0.1) is 39.6 Å². The molecule has 0 spiro atoms. The molecular weight excluding hydrogens is 280 g/mol. The minimum Gasteiger partial charge on any atom is -0.382 e. The molecule has 0 aliphatic heterocycles. The van der Waals surface area contributed by atoms with Crippen LogP contribution in [0.5, 0.6) is 0 Å². The van der Waals surface area contributed by atoms with Crippen LogP contribution in [0.3, 0.4) is 0 Å². The molecule has 0 rings (SSSR count). The van der Waals surface area contributed by atoms with Crippen LogP contribution in [0.1, 0.15) is 0 Å². The summed E-state index contributed by atoms with van der Waals surface area (Å²) >= 11 is 0. The van der Waals surface area contributed by atoms with Gasteiger partial charge in [0.2, 0.25) is 0 Å². The van der Waals surface area contributed by atoms with E-state index in [4.69, 9.17) is 33.2 Å². The van der Waals surface area contributed by atoms with E-state index in [-0.39, 0.29) is 0 Å². The van der Waals surface area contributed by atoms with Crippen molar-refractivity contribution in [1.29, 1.82) is 0 Å². The molecule has 0 saturated carbocycles. The predicted molar refractivity (Wildman–Crippen MR) is 77.8 cm³/mol. The van der Waals surface area contributed by atoms with Crippen molar-refractivity contribution in [2.75, 3.05) is 82.3 Å². The molecule has 0 bridgehead atoms. The maximum absolute atomic E-state index is 6.32. The van der Waals surface area contributed by atoms with Gasteiger partial charge in [-0.25, -0.2) is 0 Å². The summed E-state index contributed by atoms with van der Waals surface area (Å²) < 4.78 is 38.0. The van der Waals surface area contributed by atoms with Gasteiger partial charge in [-0.3, -0.25) is 0 Å². The molecule has 0 aromatic carbocycles. The molecule has 0 fully saturated rings. The lowest BCUT2D eigenvalue weighted by Gasteiger charge is -2.42. The van der Waals surface area contributed by atoms with Gasteiger partial charge in [0.25, 0.3) is 0 Å². The normalized spacial score (nSPS) is 12.9. The molecule has 128 valence electrons. The molecule has 7 nitrogen and oxygen atoms in total. The van der Waals surface area contributed by atoms with Crippen molar-refractivity contribution in [2.24, 2.45) is 0 Å². The second-order valence-corrected chi connectivity index (χ2v) is 5.07. The summed E-state index contributed by atoms with van der Waals surface area (Å²) in [6.07, 6.45) is 0. The molecular formula is C14H30O7. The molecule has 0 saturated heterocycles. The highest BCUT2D eigenvalue weighted by atomic mass is 16.6. The van der Waals surface area contributed by atoms with E-state index in [1.54, 1.807) is 42.7 Å². The van der Waals surface area contributed by atoms with Crippen LogP contribution in [0.4, 0.5) is 0 Å². The zero-order chi connectivity index (χ0) is 16.2. The minimum absolute atomic E-state index is 0.313. The van der Waals surface area contributed by atoms with E-state index in [1.807, 2.05) is 0 Å². The van der Waals surface area contributed by atoms with Crippen molar-refractivity contribution in [3.8, 4) is 0 Å². The summed E-state index contributed by atoms with van der Waals surface area (Å²) in [4.78, 5) is 0. The first-order valence-electron chi connectivity index (χ1n) is 6.71. The quantitative estimate of drug-likeness (QED) is 0.459. The third-order valence-corrected chi connectivity index (χ3v) is 2.88. The van der Waals surface area contributed by atoms with Crippen LogP contribution >= 0.6 is 0 Å². The summed E-state index contributed by atoms with van der Waals surface area (Å²) in [5, 5.41) is 0. The van der Waals surface area contributed by atoms with Gasteiger partial charge in [-0.15, -0.1) is 0 Å². The number of hydrogen-bond donors (Lipinski definition) is 0. The topological polar surface area (TPSA) is 64.6 Å². The highest BCUT2D eigenvalue weighted by Gasteiger charge is 2.43. The Labute approximate surface area is 127 Å². The maximum Gasteiger partial charge on any atom is 0.139 e. The van der Waals surface area contributed by atoms with Crippen LogP contribution in [0.15, 0.2) is 0 Å². The van der Waals surface area contributed by atoms with Gasteiger partial charge in [-0.05, 0) is 0 Å². The largest absolute Gasteiger partial charge is 0.382 e. The Morgan fingerprint density at radius 2 is 0.619 bits per heavy atom. The zero-order valence-electron chi connectivity index (χ0n) is 14.1. The smallest absolute Gasteiger partial charge is 0.139 e. The van der Waals surface area contributed by atoms with Gasteiger partial charge in [0, 0.05) is 42.7 Å². The van der Waals surface area contributed by atoms with E-state index in [2.05, 4.69) is 0 Å². The molecule has 0 atom stereocenters. The van der Waals surface area contributed by atoms with E-state index < -0.39 is 11.2 Å².